The maximum Gasteiger partial charge on any atom is 0.339 e. The fourth-order valence-electron chi connectivity index (χ4n) is 3.50. The minimum Gasteiger partial charge on any atom is -0.478 e. The molecule has 116 valence electrons. The van der Waals surface area contributed by atoms with Crippen LogP contribution in [0.4, 0.5) is 5.69 Å². The molecule has 0 spiro atoms. The fourth-order valence-corrected chi connectivity index (χ4v) is 3.50. The Morgan fingerprint density at radius 1 is 1.29 bits per heavy atom. The van der Waals surface area contributed by atoms with E-state index in [1.165, 1.54) is 12.8 Å². The highest BCUT2D eigenvalue weighted by Gasteiger charge is 2.32. The van der Waals surface area contributed by atoms with Crippen LogP contribution in [0.1, 0.15) is 61.3 Å². The van der Waals surface area contributed by atoms with Gasteiger partial charge in [0.15, 0.2) is 0 Å². The highest BCUT2D eigenvalue weighted by Crippen LogP contribution is 2.40. The summed E-state index contributed by atoms with van der Waals surface area (Å²) in [6.07, 6.45) is 4.69. The lowest BCUT2D eigenvalue weighted by Crippen LogP contribution is -2.40. The van der Waals surface area contributed by atoms with E-state index in [9.17, 15) is 9.90 Å². The highest BCUT2D eigenvalue weighted by molar-refractivity contribution is 5.95. The van der Waals surface area contributed by atoms with Gasteiger partial charge in [-0.2, -0.15) is 0 Å². The second kappa shape index (κ2) is 6.04. The van der Waals surface area contributed by atoms with E-state index in [4.69, 9.17) is 0 Å². The third-order valence-corrected chi connectivity index (χ3v) is 5.19. The van der Waals surface area contributed by atoms with Crippen molar-refractivity contribution < 1.29 is 9.90 Å². The van der Waals surface area contributed by atoms with Crippen LogP contribution < -0.4 is 4.90 Å². The molecule has 2 rings (SSSR count). The van der Waals surface area contributed by atoms with Crippen molar-refractivity contribution >= 4 is 11.7 Å². The van der Waals surface area contributed by atoms with Crippen LogP contribution in [0.15, 0.2) is 6.07 Å². The number of aromatic nitrogens is 1. The van der Waals surface area contributed by atoms with Crippen LogP contribution in [0, 0.1) is 19.3 Å². The number of hydrogen-bond acceptors (Lipinski definition) is 3. The number of anilines is 1. The zero-order chi connectivity index (χ0) is 15.6. The molecule has 0 amide bonds. The van der Waals surface area contributed by atoms with Gasteiger partial charge in [-0.15, -0.1) is 0 Å². The number of aryl methyl sites for hydroxylation is 2. The molecule has 1 fully saturated rings. The molecule has 0 aromatic carbocycles. The Labute approximate surface area is 127 Å². The average Bonchev–Trinajstić information content (AvgIpc) is 2.46. The SMILES string of the molecule is CCC1(CC)CCN(c2cc(C)nc(C)c2C(=O)O)CC1. The van der Waals surface area contributed by atoms with Crippen LogP contribution >= 0.6 is 0 Å². The molecule has 0 unspecified atom stereocenters. The van der Waals surface area contributed by atoms with Crippen LogP contribution in [0.3, 0.4) is 0 Å². The van der Waals surface area contributed by atoms with E-state index in [0.29, 0.717) is 16.7 Å². The van der Waals surface area contributed by atoms with Gasteiger partial charge in [-0.3, -0.25) is 4.98 Å². The van der Waals surface area contributed by atoms with E-state index >= 15 is 0 Å². The van der Waals surface area contributed by atoms with Crippen molar-refractivity contribution in [2.24, 2.45) is 5.41 Å². The lowest BCUT2D eigenvalue weighted by atomic mass is 9.74. The number of carbonyl (C=O) groups is 1. The van der Waals surface area contributed by atoms with E-state index in [-0.39, 0.29) is 0 Å². The Hall–Kier alpha value is -1.58. The number of hydrogen-bond donors (Lipinski definition) is 1. The molecule has 1 saturated heterocycles. The number of rotatable bonds is 4. The Morgan fingerprint density at radius 2 is 1.86 bits per heavy atom. The number of carboxylic acid groups (broad SMARTS) is 1. The number of nitrogens with zero attached hydrogens (tertiary/aromatic N) is 2. The van der Waals surface area contributed by atoms with E-state index in [1.54, 1.807) is 6.92 Å². The summed E-state index contributed by atoms with van der Waals surface area (Å²) in [6, 6.07) is 1.92. The Balaban J connectivity index is 2.30. The maximum absolute atomic E-state index is 11.6. The lowest BCUT2D eigenvalue weighted by molar-refractivity contribution is 0.0696. The van der Waals surface area contributed by atoms with Crippen molar-refractivity contribution in [2.75, 3.05) is 18.0 Å². The van der Waals surface area contributed by atoms with Crippen LogP contribution in [-0.4, -0.2) is 29.1 Å². The molecular formula is C17H26N2O2. The van der Waals surface area contributed by atoms with Gasteiger partial charge in [0.05, 0.1) is 11.4 Å². The van der Waals surface area contributed by atoms with Crippen molar-refractivity contribution in [3.63, 3.8) is 0 Å². The molecule has 4 nitrogen and oxygen atoms in total. The minimum atomic E-state index is -0.877. The van der Waals surface area contributed by atoms with Crippen LogP contribution in [-0.2, 0) is 0 Å². The molecule has 0 bridgehead atoms. The average molecular weight is 290 g/mol. The Bertz CT molecular complexity index is 526. The quantitative estimate of drug-likeness (QED) is 0.916. The molecule has 0 atom stereocenters. The van der Waals surface area contributed by atoms with Gasteiger partial charge in [-0.05, 0) is 38.2 Å². The molecule has 4 heteroatoms. The number of carboxylic acids is 1. The van der Waals surface area contributed by atoms with Crippen LogP contribution in [0.25, 0.3) is 0 Å². The van der Waals surface area contributed by atoms with Gasteiger partial charge in [-0.1, -0.05) is 26.7 Å². The second-order valence-electron chi connectivity index (χ2n) is 6.24. The summed E-state index contributed by atoms with van der Waals surface area (Å²) in [7, 11) is 0. The highest BCUT2D eigenvalue weighted by atomic mass is 16.4. The third kappa shape index (κ3) is 3.04. The standard InChI is InChI=1S/C17H26N2O2/c1-5-17(6-2)7-9-19(10-8-17)14-11-12(3)18-13(4)15(14)16(20)21/h11H,5-10H2,1-4H3,(H,20,21). The topological polar surface area (TPSA) is 53.4 Å². The van der Waals surface area contributed by atoms with E-state index in [2.05, 4.69) is 23.7 Å². The summed E-state index contributed by atoms with van der Waals surface area (Å²) in [5.74, 6) is -0.877. The number of pyridine rings is 1. The molecule has 21 heavy (non-hydrogen) atoms. The third-order valence-electron chi connectivity index (χ3n) is 5.19. The van der Waals surface area contributed by atoms with Crippen molar-refractivity contribution in [3.8, 4) is 0 Å². The van der Waals surface area contributed by atoms with E-state index in [0.717, 1.165) is 37.3 Å². The zero-order valence-corrected chi connectivity index (χ0v) is 13.6. The molecule has 1 aromatic heterocycles. The van der Waals surface area contributed by atoms with Gasteiger partial charge in [0.2, 0.25) is 0 Å². The summed E-state index contributed by atoms with van der Waals surface area (Å²) in [4.78, 5) is 18.1. The predicted molar refractivity (Wildman–Crippen MR) is 85.1 cm³/mol. The summed E-state index contributed by atoms with van der Waals surface area (Å²) in [5, 5.41) is 9.50. The largest absolute Gasteiger partial charge is 0.478 e. The van der Waals surface area contributed by atoms with Gasteiger partial charge in [-0.25, -0.2) is 4.79 Å². The van der Waals surface area contributed by atoms with E-state index in [1.807, 2.05) is 13.0 Å². The smallest absolute Gasteiger partial charge is 0.339 e. The molecule has 1 N–H and O–H groups in total. The van der Waals surface area contributed by atoms with Gasteiger partial charge in [0.25, 0.3) is 0 Å². The Kier molecular flexibility index (Phi) is 4.55. The Morgan fingerprint density at radius 3 is 2.33 bits per heavy atom. The van der Waals surface area contributed by atoms with Gasteiger partial charge >= 0.3 is 5.97 Å². The molecular weight excluding hydrogens is 264 g/mol. The van der Waals surface area contributed by atoms with Gasteiger partial charge < -0.3 is 10.0 Å². The summed E-state index contributed by atoms with van der Waals surface area (Å²) < 4.78 is 0. The van der Waals surface area contributed by atoms with E-state index < -0.39 is 5.97 Å². The zero-order valence-electron chi connectivity index (χ0n) is 13.6. The summed E-state index contributed by atoms with van der Waals surface area (Å²) in [5.41, 5.74) is 3.14. The first-order valence-electron chi connectivity index (χ1n) is 7.89. The van der Waals surface area contributed by atoms with Crippen LogP contribution in [0.2, 0.25) is 0 Å². The fraction of sp³-hybridized carbons (Fsp3) is 0.647. The predicted octanol–water partition coefficient (Wildman–Crippen LogP) is 3.80. The first kappa shape index (κ1) is 15.8. The summed E-state index contributed by atoms with van der Waals surface area (Å²) >= 11 is 0. The first-order chi connectivity index (χ1) is 9.92. The first-order valence-corrected chi connectivity index (χ1v) is 7.89. The number of aromatic carboxylic acids is 1. The molecule has 0 aliphatic carbocycles. The monoisotopic (exact) mass is 290 g/mol. The van der Waals surface area contributed by atoms with Gasteiger partial charge in [0, 0.05) is 18.8 Å². The maximum atomic E-state index is 11.6. The number of piperidine rings is 1. The molecule has 0 radical (unpaired) electrons. The molecule has 0 saturated carbocycles. The lowest BCUT2D eigenvalue weighted by Gasteiger charge is -2.42. The minimum absolute atomic E-state index is 0.362. The molecule has 1 aromatic rings. The van der Waals surface area contributed by atoms with Crippen molar-refractivity contribution in [2.45, 2.75) is 53.4 Å². The van der Waals surface area contributed by atoms with Crippen molar-refractivity contribution in [1.82, 2.24) is 4.98 Å². The molecule has 2 heterocycles. The second-order valence-corrected chi connectivity index (χ2v) is 6.24. The van der Waals surface area contributed by atoms with Crippen molar-refractivity contribution in [3.05, 3.63) is 23.0 Å². The normalized spacial score (nSPS) is 17.8. The van der Waals surface area contributed by atoms with Crippen LogP contribution in [0.5, 0.6) is 0 Å². The molecule has 1 aliphatic rings. The summed E-state index contributed by atoms with van der Waals surface area (Å²) in [6.45, 7) is 10.1. The van der Waals surface area contributed by atoms with Gasteiger partial charge in [0.1, 0.15) is 5.56 Å². The molecule has 1 aliphatic heterocycles. The van der Waals surface area contributed by atoms with Crippen molar-refractivity contribution in [1.29, 1.82) is 0 Å².